The Kier molecular flexibility index (Phi) is 12.9. The molecule has 198 valence electrons. The van der Waals surface area contributed by atoms with Gasteiger partial charge in [-0.2, -0.15) is 0 Å². The number of carboxylic acid groups (broad SMARTS) is 1. The largest absolute Gasteiger partial charge is 0.492 e. The molecule has 2 rings (SSSR count). The van der Waals surface area contributed by atoms with Crippen molar-refractivity contribution in [1.29, 1.82) is 0 Å². The van der Waals surface area contributed by atoms with Gasteiger partial charge in [0.15, 0.2) is 6.10 Å². The highest BCUT2D eigenvalue weighted by Crippen LogP contribution is 2.20. The summed E-state index contributed by atoms with van der Waals surface area (Å²) in [5.41, 5.74) is 1.84. The molecular weight excluding hydrogens is 505 g/mol. The van der Waals surface area contributed by atoms with E-state index in [1.807, 2.05) is 38.1 Å². The van der Waals surface area contributed by atoms with Crippen molar-refractivity contribution < 1.29 is 28.9 Å². The van der Waals surface area contributed by atoms with Crippen LogP contribution in [0.2, 0.25) is 10.0 Å². The summed E-state index contributed by atoms with van der Waals surface area (Å²) in [6, 6.07) is 12.6. The van der Waals surface area contributed by atoms with E-state index < -0.39 is 12.1 Å². The summed E-state index contributed by atoms with van der Waals surface area (Å²) in [5.74, 6) is -0.356. The van der Waals surface area contributed by atoms with Crippen LogP contribution in [0, 0.1) is 0 Å². The van der Waals surface area contributed by atoms with Crippen LogP contribution in [0.5, 0.6) is 5.75 Å². The van der Waals surface area contributed by atoms with Gasteiger partial charge < -0.3 is 24.2 Å². The van der Waals surface area contributed by atoms with Gasteiger partial charge in [0, 0.05) is 29.6 Å². The number of amides is 1. The maximum absolute atomic E-state index is 12.7. The molecule has 1 N–H and O–H groups in total. The Balaban J connectivity index is 1.91. The molecule has 0 heterocycles. The molecule has 0 spiro atoms. The highest BCUT2D eigenvalue weighted by molar-refractivity contribution is 6.34. The second kappa shape index (κ2) is 15.6. The lowest BCUT2D eigenvalue weighted by molar-refractivity contribution is -0.149. The minimum atomic E-state index is -0.986. The van der Waals surface area contributed by atoms with Gasteiger partial charge in [-0.25, -0.2) is 9.59 Å². The summed E-state index contributed by atoms with van der Waals surface area (Å²) in [4.78, 5) is 25.6. The van der Waals surface area contributed by atoms with Gasteiger partial charge in [-0.1, -0.05) is 42.3 Å². The molecule has 0 radical (unpaired) electrons. The van der Waals surface area contributed by atoms with E-state index in [-0.39, 0.29) is 25.2 Å². The van der Waals surface area contributed by atoms with Crippen molar-refractivity contribution in [1.82, 2.24) is 4.90 Å². The number of halogens is 2. The van der Waals surface area contributed by atoms with Crippen LogP contribution in [-0.2, 0) is 27.1 Å². The lowest BCUT2D eigenvalue weighted by Gasteiger charge is -2.24. The maximum atomic E-state index is 12.7. The number of carboxylic acids is 1. The highest BCUT2D eigenvalue weighted by Gasteiger charge is 2.19. The fourth-order valence-electron chi connectivity index (χ4n) is 3.48. The number of rotatable bonds is 15. The molecule has 0 aliphatic carbocycles. The number of nitrogens with zero attached hydrogens (tertiary/aromatic N) is 1. The number of aliphatic carboxylic acids is 1. The van der Waals surface area contributed by atoms with Crippen LogP contribution in [0.15, 0.2) is 42.5 Å². The fraction of sp³-hybridized carbons (Fsp3) is 0.481. The van der Waals surface area contributed by atoms with Crippen molar-refractivity contribution in [3.05, 3.63) is 63.6 Å². The van der Waals surface area contributed by atoms with Gasteiger partial charge in [-0.3, -0.25) is 0 Å². The van der Waals surface area contributed by atoms with E-state index in [0.29, 0.717) is 41.9 Å². The summed E-state index contributed by atoms with van der Waals surface area (Å²) < 4.78 is 16.6. The Hall–Kier alpha value is -2.48. The summed E-state index contributed by atoms with van der Waals surface area (Å²) in [5, 5.41) is 10.4. The van der Waals surface area contributed by atoms with Crippen molar-refractivity contribution in [2.75, 3.05) is 26.3 Å². The molecule has 0 saturated heterocycles. The van der Waals surface area contributed by atoms with Crippen LogP contribution in [0.4, 0.5) is 4.79 Å². The van der Waals surface area contributed by atoms with Gasteiger partial charge >= 0.3 is 12.1 Å². The lowest BCUT2D eigenvalue weighted by Crippen LogP contribution is -2.37. The van der Waals surface area contributed by atoms with Crippen molar-refractivity contribution in [2.24, 2.45) is 0 Å². The molecule has 2 unspecified atom stereocenters. The number of hydrogen-bond donors (Lipinski definition) is 1. The molecule has 9 heteroatoms. The van der Waals surface area contributed by atoms with Gasteiger partial charge in [-0.05, 0) is 74.6 Å². The minimum absolute atomic E-state index is 0.175. The third kappa shape index (κ3) is 10.6. The maximum Gasteiger partial charge on any atom is 0.410 e. The number of carbonyl (C=O) groups is 2. The smallest absolute Gasteiger partial charge is 0.410 e. The predicted molar refractivity (Wildman–Crippen MR) is 141 cm³/mol. The Morgan fingerprint density at radius 1 is 1.00 bits per heavy atom. The van der Waals surface area contributed by atoms with Gasteiger partial charge in [0.05, 0.1) is 6.54 Å². The van der Waals surface area contributed by atoms with Crippen LogP contribution < -0.4 is 4.74 Å². The molecule has 0 aromatic heterocycles. The molecule has 2 aromatic carbocycles. The molecule has 2 atom stereocenters. The van der Waals surface area contributed by atoms with Gasteiger partial charge in [-0.15, -0.1) is 0 Å². The standard InChI is InChI=1S/C27H35Cl2NO6/c1-4-19(3)36-27(33)30(12-6-7-21-15-22(28)18-23(29)16-21)13-14-35-24-10-8-20(9-11-24)17-25(26(31)32)34-5-2/h8-11,15-16,18-19,25H,4-7,12-14,17H2,1-3H3,(H,31,32). The lowest BCUT2D eigenvalue weighted by atomic mass is 10.1. The van der Waals surface area contributed by atoms with Gasteiger partial charge in [0.1, 0.15) is 18.5 Å². The van der Waals surface area contributed by atoms with Crippen molar-refractivity contribution in [3.63, 3.8) is 0 Å². The molecular formula is C27H35Cl2NO6. The quantitative estimate of drug-likeness (QED) is 0.287. The zero-order valence-corrected chi connectivity index (χ0v) is 22.6. The van der Waals surface area contributed by atoms with E-state index in [2.05, 4.69) is 0 Å². The Labute approximate surface area is 223 Å². The predicted octanol–water partition coefficient (Wildman–Crippen LogP) is 6.27. The third-order valence-corrected chi connectivity index (χ3v) is 6.01. The Bertz CT molecular complexity index is 949. The molecule has 0 aliphatic rings. The molecule has 0 fully saturated rings. The summed E-state index contributed by atoms with van der Waals surface area (Å²) in [7, 11) is 0. The highest BCUT2D eigenvalue weighted by atomic mass is 35.5. The van der Waals surface area contributed by atoms with E-state index in [1.54, 1.807) is 30.0 Å². The first-order valence-electron chi connectivity index (χ1n) is 12.2. The Morgan fingerprint density at radius 2 is 1.67 bits per heavy atom. The van der Waals surface area contributed by atoms with E-state index >= 15 is 0 Å². The number of benzene rings is 2. The molecule has 1 amide bonds. The average Bonchev–Trinajstić information content (AvgIpc) is 2.83. The summed E-state index contributed by atoms with van der Waals surface area (Å²) >= 11 is 12.2. The SMILES string of the molecule is CCOC(Cc1ccc(OCCN(CCCc2cc(Cl)cc(Cl)c2)C(=O)OC(C)CC)cc1)C(=O)O. The molecule has 0 bridgehead atoms. The van der Waals surface area contributed by atoms with Crippen molar-refractivity contribution in [3.8, 4) is 5.75 Å². The normalized spacial score (nSPS) is 12.6. The topological polar surface area (TPSA) is 85.3 Å². The second-order valence-electron chi connectivity index (χ2n) is 8.45. The first-order chi connectivity index (χ1) is 17.2. The molecule has 7 nitrogen and oxygen atoms in total. The first-order valence-corrected chi connectivity index (χ1v) is 12.9. The zero-order valence-electron chi connectivity index (χ0n) is 21.0. The zero-order chi connectivity index (χ0) is 26.5. The second-order valence-corrected chi connectivity index (χ2v) is 9.32. The van der Waals surface area contributed by atoms with Crippen molar-refractivity contribution in [2.45, 2.75) is 58.7 Å². The van der Waals surface area contributed by atoms with E-state index in [4.69, 9.17) is 37.4 Å². The summed E-state index contributed by atoms with van der Waals surface area (Å²) in [6.07, 6.45) is 1.01. The van der Waals surface area contributed by atoms with Crippen LogP contribution in [-0.4, -0.2) is 60.6 Å². The van der Waals surface area contributed by atoms with Gasteiger partial charge in [0.2, 0.25) is 0 Å². The van der Waals surface area contributed by atoms with Crippen LogP contribution >= 0.6 is 23.2 Å². The van der Waals surface area contributed by atoms with Crippen LogP contribution in [0.1, 0.15) is 44.7 Å². The van der Waals surface area contributed by atoms with Gasteiger partial charge in [0.25, 0.3) is 0 Å². The minimum Gasteiger partial charge on any atom is -0.492 e. The fourth-order valence-corrected chi connectivity index (χ4v) is 4.05. The number of carbonyl (C=O) groups excluding carboxylic acids is 1. The monoisotopic (exact) mass is 539 g/mol. The number of ether oxygens (including phenoxy) is 3. The number of aryl methyl sites for hydroxylation is 1. The number of hydrogen-bond acceptors (Lipinski definition) is 5. The molecule has 0 saturated carbocycles. The molecule has 2 aromatic rings. The van der Waals surface area contributed by atoms with Crippen LogP contribution in [0.25, 0.3) is 0 Å². The summed E-state index contributed by atoms with van der Waals surface area (Å²) in [6.45, 7) is 7.07. The average molecular weight is 540 g/mol. The van der Waals surface area contributed by atoms with E-state index in [1.165, 1.54) is 0 Å². The third-order valence-electron chi connectivity index (χ3n) is 5.57. The first kappa shape index (κ1) is 29.7. The Morgan fingerprint density at radius 3 is 2.25 bits per heavy atom. The van der Waals surface area contributed by atoms with E-state index in [9.17, 15) is 14.7 Å². The van der Waals surface area contributed by atoms with E-state index in [0.717, 1.165) is 24.0 Å². The van der Waals surface area contributed by atoms with Crippen molar-refractivity contribution >= 4 is 35.3 Å². The molecule has 0 aliphatic heterocycles. The van der Waals surface area contributed by atoms with Crippen LogP contribution in [0.3, 0.4) is 0 Å². The molecule has 36 heavy (non-hydrogen) atoms.